The Morgan fingerprint density at radius 2 is 2.62 bits per heavy atom. The second-order valence-corrected chi connectivity index (χ2v) is 2.88. The molecule has 1 N–H and O–H groups in total. The van der Waals surface area contributed by atoms with E-state index < -0.39 is 5.97 Å². The van der Waals surface area contributed by atoms with E-state index in [1.807, 2.05) is 0 Å². The molecule has 0 unspecified atom stereocenters. The summed E-state index contributed by atoms with van der Waals surface area (Å²) in [5, 5.41) is 11.4. The summed E-state index contributed by atoms with van der Waals surface area (Å²) in [6.45, 7) is 1.93. The summed E-state index contributed by atoms with van der Waals surface area (Å²) < 4.78 is 8.44. The fraction of sp³-hybridized carbons (Fsp3) is 0.286. The van der Waals surface area contributed by atoms with Gasteiger partial charge in [0.05, 0.1) is 11.5 Å². The largest absolute Gasteiger partial charge is 0.461 e. The molecule has 13 heavy (non-hydrogen) atoms. The van der Waals surface area contributed by atoms with E-state index in [1.54, 1.807) is 13.0 Å². The van der Waals surface area contributed by atoms with Crippen LogP contribution in [0.4, 0.5) is 0 Å². The predicted octanol–water partition coefficient (Wildman–Crippen LogP) is 0.885. The topological polar surface area (TPSA) is 71.8 Å². The van der Waals surface area contributed by atoms with Gasteiger partial charge in [-0.25, -0.2) is 9.17 Å². The number of nitrogens with zero attached hydrogens (tertiary/aromatic N) is 2. The van der Waals surface area contributed by atoms with Crippen LogP contribution in [0.3, 0.4) is 0 Å². The van der Waals surface area contributed by atoms with Gasteiger partial charge in [0.2, 0.25) is 5.71 Å². The first kappa shape index (κ1) is 9.66. The lowest BCUT2D eigenvalue weighted by Gasteiger charge is -1.99. The molecule has 0 bridgehead atoms. The van der Waals surface area contributed by atoms with Crippen LogP contribution in [0.1, 0.15) is 11.8 Å². The van der Waals surface area contributed by atoms with E-state index in [0.717, 1.165) is 11.5 Å². The van der Waals surface area contributed by atoms with Gasteiger partial charge in [-0.15, -0.1) is 0 Å². The van der Waals surface area contributed by atoms with Gasteiger partial charge in [0.25, 0.3) is 0 Å². The fourth-order valence-electron chi connectivity index (χ4n) is 0.728. The van der Waals surface area contributed by atoms with Crippen molar-refractivity contribution >= 4 is 23.2 Å². The monoisotopic (exact) mass is 200 g/mol. The van der Waals surface area contributed by atoms with Crippen LogP contribution in [0.15, 0.2) is 17.4 Å². The van der Waals surface area contributed by atoms with Crippen LogP contribution in [0.5, 0.6) is 0 Å². The summed E-state index contributed by atoms with van der Waals surface area (Å²) in [4.78, 5) is 11.6. The Kier molecular flexibility index (Phi) is 3.39. The Hall–Kier alpha value is -1.43. The zero-order valence-corrected chi connectivity index (χ0v) is 7.74. The highest BCUT2D eigenvalue weighted by molar-refractivity contribution is 7.09. The maximum absolute atomic E-state index is 11.1. The number of oxime groups is 1. The number of ether oxygens (including phenoxy) is 1. The zero-order chi connectivity index (χ0) is 9.68. The van der Waals surface area contributed by atoms with Gasteiger partial charge in [0, 0.05) is 6.20 Å². The van der Waals surface area contributed by atoms with Gasteiger partial charge in [-0.3, -0.25) is 0 Å². The molecule has 1 aromatic heterocycles. The molecule has 5 nitrogen and oxygen atoms in total. The molecule has 0 aliphatic rings. The van der Waals surface area contributed by atoms with Crippen molar-refractivity contribution in [3.05, 3.63) is 17.1 Å². The lowest BCUT2D eigenvalue weighted by Crippen LogP contribution is -2.17. The minimum atomic E-state index is -0.644. The molecular weight excluding hydrogens is 192 g/mol. The number of hydrogen-bond donors (Lipinski definition) is 1. The molecule has 0 saturated heterocycles. The third-order valence-corrected chi connectivity index (χ3v) is 1.99. The molecule has 0 saturated carbocycles. The van der Waals surface area contributed by atoms with Crippen LogP contribution in [-0.4, -0.2) is 27.9 Å². The number of hydrogen-bond acceptors (Lipinski definition) is 6. The fourth-order valence-corrected chi connectivity index (χ4v) is 1.30. The molecule has 6 heteroatoms. The first-order chi connectivity index (χ1) is 6.29. The highest BCUT2D eigenvalue weighted by Crippen LogP contribution is 2.07. The van der Waals surface area contributed by atoms with Gasteiger partial charge in [0.15, 0.2) is 0 Å². The first-order valence-corrected chi connectivity index (χ1v) is 4.37. The Bertz CT molecular complexity index is 308. The van der Waals surface area contributed by atoms with Gasteiger partial charge in [-0.05, 0) is 24.5 Å². The van der Waals surface area contributed by atoms with Crippen LogP contribution >= 0.6 is 11.5 Å². The van der Waals surface area contributed by atoms with E-state index in [-0.39, 0.29) is 12.3 Å². The van der Waals surface area contributed by atoms with E-state index >= 15 is 0 Å². The second kappa shape index (κ2) is 4.56. The lowest BCUT2D eigenvalue weighted by atomic mass is 10.3. The molecule has 0 amide bonds. The molecule has 0 atom stereocenters. The van der Waals surface area contributed by atoms with Crippen LogP contribution in [-0.2, 0) is 9.53 Å². The van der Waals surface area contributed by atoms with Crippen molar-refractivity contribution in [2.24, 2.45) is 5.16 Å². The lowest BCUT2D eigenvalue weighted by molar-refractivity contribution is -0.135. The second-order valence-electron chi connectivity index (χ2n) is 2.05. The molecule has 0 aromatic carbocycles. The molecule has 1 heterocycles. The Morgan fingerprint density at radius 1 is 1.85 bits per heavy atom. The zero-order valence-electron chi connectivity index (χ0n) is 6.93. The summed E-state index contributed by atoms with van der Waals surface area (Å²) in [6, 6.07) is 1.58. The van der Waals surface area contributed by atoms with Crippen molar-refractivity contribution in [2.75, 3.05) is 6.61 Å². The van der Waals surface area contributed by atoms with Crippen LogP contribution in [0, 0.1) is 0 Å². The number of carbonyl (C=O) groups excluding carboxylic acids is 1. The summed E-state index contributed by atoms with van der Waals surface area (Å²) in [7, 11) is 0. The Morgan fingerprint density at radius 3 is 3.08 bits per heavy atom. The Labute approximate surface area is 78.8 Å². The molecule has 0 aliphatic carbocycles. The smallest absolute Gasteiger partial charge is 0.361 e. The van der Waals surface area contributed by atoms with Gasteiger partial charge in [-0.2, -0.15) is 0 Å². The first-order valence-electron chi connectivity index (χ1n) is 3.59. The van der Waals surface area contributed by atoms with Crippen molar-refractivity contribution in [3.8, 4) is 0 Å². The summed E-state index contributed by atoms with van der Waals surface area (Å²) in [5.41, 5.74) is -0.107. The number of rotatable bonds is 3. The SMILES string of the molecule is CCOC(=O)C(=NO)c1ccns1. The Balaban J connectivity index is 2.82. The molecule has 70 valence electrons. The number of carbonyl (C=O) groups is 1. The van der Waals surface area contributed by atoms with Crippen molar-refractivity contribution < 1.29 is 14.7 Å². The molecule has 0 spiro atoms. The molecule has 1 rings (SSSR count). The maximum atomic E-state index is 11.1. The average Bonchev–Trinajstić information content (AvgIpc) is 2.59. The van der Waals surface area contributed by atoms with Crippen LogP contribution in [0.25, 0.3) is 0 Å². The highest BCUT2D eigenvalue weighted by Gasteiger charge is 2.17. The van der Waals surface area contributed by atoms with Crippen molar-refractivity contribution in [1.82, 2.24) is 4.37 Å². The normalized spacial score (nSPS) is 11.3. The van der Waals surface area contributed by atoms with E-state index in [4.69, 9.17) is 5.21 Å². The van der Waals surface area contributed by atoms with Crippen LogP contribution in [0.2, 0.25) is 0 Å². The van der Waals surface area contributed by atoms with E-state index in [1.165, 1.54) is 6.20 Å². The maximum Gasteiger partial charge on any atom is 0.361 e. The van der Waals surface area contributed by atoms with E-state index in [2.05, 4.69) is 14.3 Å². The minimum Gasteiger partial charge on any atom is -0.461 e. The molecule has 0 aliphatic heterocycles. The molecule has 1 aromatic rings. The average molecular weight is 200 g/mol. The summed E-state index contributed by atoms with van der Waals surface area (Å²) >= 11 is 1.07. The third-order valence-electron chi connectivity index (χ3n) is 1.24. The molecule has 0 fully saturated rings. The predicted molar refractivity (Wildman–Crippen MR) is 47.1 cm³/mol. The minimum absolute atomic E-state index is 0.107. The van der Waals surface area contributed by atoms with Crippen molar-refractivity contribution in [2.45, 2.75) is 6.92 Å². The molecule has 0 radical (unpaired) electrons. The van der Waals surface area contributed by atoms with Gasteiger partial charge in [-0.1, -0.05) is 5.16 Å². The summed E-state index contributed by atoms with van der Waals surface area (Å²) in [5.74, 6) is -0.644. The quantitative estimate of drug-likeness (QED) is 0.340. The van der Waals surface area contributed by atoms with Crippen molar-refractivity contribution in [3.63, 3.8) is 0 Å². The standard InChI is InChI=1S/C7H8N2O3S/c1-2-12-7(10)6(9-11)5-3-4-8-13-5/h3-4,11H,2H2,1H3. The van der Waals surface area contributed by atoms with Gasteiger partial charge in [0.1, 0.15) is 0 Å². The van der Waals surface area contributed by atoms with Crippen molar-refractivity contribution in [1.29, 1.82) is 0 Å². The van der Waals surface area contributed by atoms with Crippen LogP contribution < -0.4 is 0 Å². The van der Waals surface area contributed by atoms with E-state index in [0.29, 0.717) is 4.88 Å². The number of aromatic nitrogens is 1. The van der Waals surface area contributed by atoms with Gasteiger partial charge >= 0.3 is 5.97 Å². The molecular formula is C7H8N2O3S. The highest BCUT2D eigenvalue weighted by atomic mass is 32.1. The third kappa shape index (κ3) is 2.25. The summed E-state index contributed by atoms with van der Waals surface area (Å²) in [6.07, 6.45) is 1.52. The van der Waals surface area contributed by atoms with Gasteiger partial charge < -0.3 is 9.94 Å². The van der Waals surface area contributed by atoms with E-state index in [9.17, 15) is 4.79 Å². The number of esters is 1.